The molecule has 3 amide bonds. The number of halogens is 1. The average molecular weight is 601 g/mol. The fourth-order valence-electron chi connectivity index (χ4n) is 5.18. The van der Waals surface area contributed by atoms with Gasteiger partial charge in [0.2, 0.25) is 17.7 Å². The number of Topliss-reactive ketones (excluding diaryl/α,β-unsaturated/α-hetero) is 1. The van der Waals surface area contributed by atoms with Crippen molar-refractivity contribution in [1.29, 1.82) is 0 Å². The lowest BCUT2D eigenvalue weighted by Crippen LogP contribution is -2.56. The predicted octanol–water partition coefficient (Wildman–Crippen LogP) is 4.98. The smallest absolute Gasteiger partial charge is 0.247 e. The van der Waals surface area contributed by atoms with E-state index in [1.54, 1.807) is 42.5 Å². The van der Waals surface area contributed by atoms with Crippen LogP contribution in [0.3, 0.4) is 0 Å². The Hall–Kier alpha value is -4.27. The Labute approximate surface area is 257 Å². The average Bonchev–Trinajstić information content (AvgIpc) is 3.01. The lowest BCUT2D eigenvalue weighted by Gasteiger charge is -2.37. The molecule has 4 rings (SSSR count). The fourth-order valence-corrected chi connectivity index (χ4v) is 5.29. The van der Waals surface area contributed by atoms with E-state index in [1.807, 2.05) is 37.3 Å². The Balaban J connectivity index is 1.53. The van der Waals surface area contributed by atoms with Gasteiger partial charge in [-0.3, -0.25) is 19.2 Å². The number of aryl methyl sites for hydroxylation is 1. The molecule has 0 fully saturated rings. The van der Waals surface area contributed by atoms with Crippen LogP contribution in [0.4, 0.5) is 5.69 Å². The van der Waals surface area contributed by atoms with Crippen molar-refractivity contribution in [3.05, 3.63) is 112 Å². The number of anilines is 1. The lowest BCUT2D eigenvalue weighted by molar-refractivity contribution is -0.142. The minimum Gasteiger partial charge on any atom is -0.342 e. The third-order valence-corrected chi connectivity index (χ3v) is 8.01. The first kappa shape index (κ1) is 31.7. The summed E-state index contributed by atoms with van der Waals surface area (Å²) in [6.07, 6.45) is 0.960. The number of fused-ring (bicyclic) bond motifs is 1. The van der Waals surface area contributed by atoms with Gasteiger partial charge in [0.25, 0.3) is 0 Å². The number of nitrogens with two attached hydrogens (primary N) is 1. The van der Waals surface area contributed by atoms with Gasteiger partial charge in [-0.15, -0.1) is 0 Å². The highest BCUT2D eigenvalue weighted by atomic mass is 35.5. The molecule has 0 saturated heterocycles. The first-order valence-corrected chi connectivity index (χ1v) is 14.7. The van der Waals surface area contributed by atoms with Crippen LogP contribution in [-0.4, -0.2) is 47.0 Å². The number of ketones is 1. The molecule has 0 aromatic heterocycles. The van der Waals surface area contributed by atoms with Crippen molar-refractivity contribution in [2.45, 2.75) is 57.7 Å². The summed E-state index contributed by atoms with van der Waals surface area (Å²) in [5.74, 6) is -1.31. The Bertz CT molecular complexity index is 1510. The van der Waals surface area contributed by atoms with Crippen molar-refractivity contribution in [2.75, 3.05) is 11.9 Å². The van der Waals surface area contributed by atoms with Crippen LogP contribution in [0, 0.1) is 6.92 Å². The monoisotopic (exact) mass is 600 g/mol. The molecule has 1 aliphatic rings. The molecule has 1 aliphatic heterocycles. The highest BCUT2D eigenvalue weighted by molar-refractivity contribution is 6.31. The molecule has 4 N–H and O–H groups in total. The SMILES string of the molecule is C=C(CCN)C[C@@H](NC(=O)[C@@H]1Cc2ccccc2CN1C(=O)CCC(=O)c1ccccc1)C(=O)Nc1ccc(Cl)c(C)c1. The van der Waals surface area contributed by atoms with Crippen LogP contribution in [0.25, 0.3) is 0 Å². The van der Waals surface area contributed by atoms with E-state index in [9.17, 15) is 19.2 Å². The molecule has 0 saturated carbocycles. The van der Waals surface area contributed by atoms with E-state index >= 15 is 0 Å². The molecule has 0 spiro atoms. The number of hydrogen-bond acceptors (Lipinski definition) is 5. The number of nitrogens with one attached hydrogen (secondary N) is 2. The van der Waals surface area contributed by atoms with Crippen LogP contribution in [0.1, 0.15) is 52.7 Å². The summed E-state index contributed by atoms with van der Waals surface area (Å²) in [5, 5.41) is 6.33. The van der Waals surface area contributed by atoms with Gasteiger partial charge in [-0.1, -0.05) is 78.4 Å². The van der Waals surface area contributed by atoms with Crippen LogP contribution in [0.5, 0.6) is 0 Å². The third kappa shape index (κ3) is 8.40. The number of amides is 3. The van der Waals surface area contributed by atoms with Gasteiger partial charge in [-0.2, -0.15) is 0 Å². The summed E-state index contributed by atoms with van der Waals surface area (Å²) in [5.41, 5.74) is 10.2. The second-order valence-corrected chi connectivity index (χ2v) is 11.2. The molecule has 224 valence electrons. The second-order valence-electron chi connectivity index (χ2n) is 10.8. The molecule has 0 radical (unpaired) electrons. The second kappa shape index (κ2) is 14.8. The van der Waals surface area contributed by atoms with E-state index in [4.69, 9.17) is 17.3 Å². The Morgan fingerprint density at radius 1 is 0.977 bits per heavy atom. The molecule has 1 heterocycles. The van der Waals surface area contributed by atoms with Crippen molar-refractivity contribution >= 4 is 40.8 Å². The molecule has 0 bridgehead atoms. The van der Waals surface area contributed by atoms with Gasteiger partial charge in [0.1, 0.15) is 12.1 Å². The van der Waals surface area contributed by atoms with Gasteiger partial charge in [0.15, 0.2) is 5.78 Å². The van der Waals surface area contributed by atoms with Crippen LogP contribution in [-0.2, 0) is 27.3 Å². The van der Waals surface area contributed by atoms with Crippen LogP contribution in [0.15, 0.2) is 84.9 Å². The number of nitrogens with zero attached hydrogens (tertiary/aromatic N) is 1. The summed E-state index contributed by atoms with van der Waals surface area (Å²) >= 11 is 6.14. The van der Waals surface area contributed by atoms with E-state index in [0.29, 0.717) is 29.2 Å². The summed E-state index contributed by atoms with van der Waals surface area (Å²) in [6.45, 7) is 6.46. The Morgan fingerprint density at radius 3 is 2.37 bits per heavy atom. The van der Waals surface area contributed by atoms with E-state index in [0.717, 1.165) is 22.3 Å². The maximum Gasteiger partial charge on any atom is 0.247 e. The molecular weight excluding hydrogens is 564 g/mol. The Morgan fingerprint density at radius 2 is 1.67 bits per heavy atom. The van der Waals surface area contributed by atoms with Crippen molar-refractivity contribution in [3.8, 4) is 0 Å². The minimum absolute atomic E-state index is 0.0276. The number of carbonyl (C=O) groups is 4. The van der Waals surface area contributed by atoms with Crippen molar-refractivity contribution in [3.63, 3.8) is 0 Å². The van der Waals surface area contributed by atoms with E-state index < -0.39 is 23.9 Å². The van der Waals surface area contributed by atoms with Crippen LogP contribution in [0.2, 0.25) is 5.02 Å². The number of rotatable bonds is 12. The molecule has 8 nitrogen and oxygen atoms in total. The Kier molecular flexibility index (Phi) is 10.9. The predicted molar refractivity (Wildman–Crippen MR) is 169 cm³/mol. The van der Waals surface area contributed by atoms with Crippen molar-refractivity contribution in [2.24, 2.45) is 5.73 Å². The van der Waals surface area contributed by atoms with Crippen LogP contribution >= 0.6 is 11.6 Å². The van der Waals surface area contributed by atoms with Gasteiger partial charge in [0, 0.05) is 42.1 Å². The first-order valence-electron chi connectivity index (χ1n) is 14.3. The quantitative estimate of drug-likeness (QED) is 0.200. The van der Waals surface area contributed by atoms with E-state index in [2.05, 4.69) is 17.2 Å². The minimum atomic E-state index is -0.948. The third-order valence-electron chi connectivity index (χ3n) is 7.58. The standard InChI is InChI=1S/C34H37ClN4O4/c1-22(16-17-36)18-29(33(42)37-27-12-13-28(35)23(2)19-27)38-34(43)30-20-25-10-6-7-11-26(25)21-39(30)32(41)15-14-31(40)24-8-4-3-5-9-24/h3-13,19,29-30H,1,14-18,20-21,36H2,2H3,(H,37,42)(H,38,43)/t29-,30+/m1/s1. The maximum absolute atomic E-state index is 13.9. The van der Waals surface area contributed by atoms with Gasteiger partial charge >= 0.3 is 0 Å². The zero-order valence-corrected chi connectivity index (χ0v) is 25.0. The summed E-state index contributed by atoms with van der Waals surface area (Å²) in [4.78, 5) is 55.0. The van der Waals surface area contributed by atoms with Crippen LogP contribution < -0.4 is 16.4 Å². The molecule has 43 heavy (non-hydrogen) atoms. The number of hydrogen-bond donors (Lipinski definition) is 3. The molecule has 9 heteroatoms. The lowest BCUT2D eigenvalue weighted by atomic mass is 9.92. The van der Waals surface area contributed by atoms with Gasteiger partial charge in [-0.25, -0.2) is 0 Å². The topological polar surface area (TPSA) is 122 Å². The fraction of sp³-hybridized carbons (Fsp3) is 0.294. The molecule has 2 atom stereocenters. The van der Waals surface area contributed by atoms with Crippen molar-refractivity contribution in [1.82, 2.24) is 10.2 Å². The molecule has 0 aliphatic carbocycles. The number of benzene rings is 3. The van der Waals surface area contributed by atoms with Gasteiger partial charge in [-0.05, 0) is 61.2 Å². The maximum atomic E-state index is 13.9. The summed E-state index contributed by atoms with van der Waals surface area (Å²) < 4.78 is 0. The molecule has 3 aromatic rings. The first-order chi connectivity index (χ1) is 20.7. The van der Waals surface area contributed by atoms with Gasteiger partial charge < -0.3 is 21.3 Å². The highest BCUT2D eigenvalue weighted by Gasteiger charge is 2.36. The highest BCUT2D eigenvalue weighted by Crippen LogP contribution is 2.26. The molecular formula is C34H37ClN4O4. The van der Waals surface area contributed by atoms with Gasteiger partial charge in [0.05, 0.1) is 0 Å². The summed E-state index contributed by atoms with van der Waals surface area (Å²) in [6, 6.07) is 19.8. The largest absolute Gasteiger partial charge is 0.342 e. The zero-order chi connectivity index (χ0) is 30.9. The molecule has 3 aromatic carbocycles. The normalized spacial score (nSPS) is 14.8. The van der Waals surface area contributed by atoms with E-state index in [1.165, 1.54) is 4.90 Å². The van der Waals surface area contributed by atoms with E-state index in [-0.39, 0.29) is 43.9 Å². The summed E-state index contributed by atoms with van der Waals surface area (Å²) in [7, 11) is 0. The zero-order valence-electron chi connectivity index (χ0n) is 24.3. The van der Waals surface area contributed by atoms with Crippen molar-refractivity contribution < 1.29 is 19.2 Å². The number of carbonyl (C=O) groups excluding carboxylic acids is 4. The molecule has 0 unspecified atom stereocenters.